The van der Waals surface area contributed by atoms with E-state index in [4.69, 9.17) is 12.2 Å². The Bertz CT molecular complexity index is 1090. The third-order valence-electron chi connectivity index (χ3n) is 4.49. The highest BCUT2D eigenvalue weighted by molar-refractivity contribution is 7.92. The standard InChI is InChI=1S/C20H25N7O2S2/c1-20(2,3)17(14-27-13-5-12-23-27)25-19(30)24-15-6-8-16(9-7-15)31(28,29)26-18-21-10-4-11-22-18/h4-13,17H,14H2,1-3H3,(H,21,22,26)(H2,24,25,30). The van der Waals surface area contributed by atoms with Crippen LogP contribution in [0.1, 0.15) is 20.8 Å². The summed E-state index contributed by atoms with van der Waals surface area (Å²) in [6.07, 6.45) is 6.57. The number of rotatable bonds is 7. The average Bonchev–Trinajstić information content (AvgIpc) is 3.21. The van der Waals surface area contributed by atoms with Gasteiger partial charge in [0, 0.05) is 30.5 Å². The molecule has 31 heavy (non-hydrogen) atoms. The summed E-state index contributed by atoms with van der Waals surface area (Å²) in [7, 11) is -3.79. The number of hydrogen-bond acceptors (Lipinski definition) is 6. The van der Waals surface area contributed by atoms with E-state index in [0.717, 1.165) is 0 Å². The van der Waals surface area contributed by atoms with Gasteiger partial charge >= 0.3 is 0 Å². The number of nitrogens with zero attached hydrogens (tertiary/aromatic N) is 4. The first-order valence-electron chi connectivity index (χ1n) is 9.58. The van der Waals surface area contributed by atoms with E-state index in [1.807, 2.05) is 16.9 Å². The minimum absolute atomic E-state index is 0.0143. The third-order valence-corrected chi connectivity index (χ3v) is 6.06. The zero-order chi connectivity index (χ0) is 22.5. The molecule has 3 rings (SSSR count). The summed E-state index contributed by atoms with van der Waals surface area (Å²) in [5.41, 5.74) is 0.597. The molecule has 0 radical (unpaired) electrons. The lowest BCUT2D eigenvalue weighted by Gasteiger charge is -2.32. The zero-order valence-corrected chi connectivity index (χ0v) is 19.1. The minimum Gasteiger partial charge on any atom is -0.357 e. The zero-order valence-electron chi connectivity index (χ0n) is 17.5. The summed E-state index contributed by atoms with van der Waals surface area (Å²) in [5.74, 6) is 0.0143. The molecule has 0 aliphatic rings. The molecule has 1 atom stereocenters. The molecule has 0 saturated carbocycles. The summed E-state index contributed by atoms with van der Waals surface area (Å²) in [5, 5.41) is 11.1. The van der Waals surface area contributed by atoms with Crippen molar-refractivity contribution in [1.82, 2.24) is 25.1 Å². The molecule has 0 bridgehead atoms. The molecule has 1 unspecified atom stereocenters. The van der Waals surface area contributed by atoms with E-state index in [-0.39, 0.29) is 22.3 Å². The molecule has 0 amide bonds. The van der Waals surface area contributed by atoms with Crippen LogP contribution in [0, 0.1) is 5.41 Å². The number of anilines is 2. The predicted molar refractivity (Wildman–Crippen MR) is 124 cm³/mol. The van der Waals surface area contributed by atoms with Crippen LogP contribution >= 0.6 is 12.2 Å². The van der Waals surface area contributed by atoms with E-state index in [2.05, 4.69) is 51.2 Å². The van der Waals surface area contributed by atoms with Crippen molar-refractivity contribution in [1.29, 1.82) is 0 Å². The molecule has 2 aromatic heterocycles. The first kappa shape index (κ1) is 22.6. The van der Waals surface area contributed by atoms with Gasteiger partial charge in [0.25, 0.3) is 10.0 Å². The molecular formula is C20H25N7O2S2. The Kier molecular flexibility index (Phi) is 6.86. The fraction of sp³-hybridized carbons (Fsp3) is 0.300. The fourth-order valence-corrected chi connectivity index (χ4v) is 3.92. The highest BCUT2D eigenvalue weighted by Crippen LogP contribution is 2.21. The second kappa shape index (κ2) is 9.40. The van der Waals surface area contributed by atoms with Crippen LogP contribution in [-0.4, -0.2) is 39.3 Å². The fourth-order valence-electron chi connectivity index (χ4n) is 2.71. The molecule has 0 spiro atoms. The lowest BCUT2D eigenvalue weighted by atomic mass is 9.87. The normalized spacial score (nSPS) is 12.7. The van der Waals surface area contributed by atoms with Crippen molar-refractivity contribution in [3.05, 3.63) is 61.2 Å². The Labute approximate surface area is 187 Å². The first-order chi connectivity index (χ1) is 14.6. The van der Waals surface area contributed by atoms with Crippen molar-refractivity contribution in [2.45, 2.75) is 38.3 Å². The smallest absolute Gasteiger partial charge is 0.264 e. The second-order valence-corrected chi connectivity index (χ2v) is 10.0. The predicted octanol–water partition coefficient (Wildman–Crippen LogP) is 2.88. The maximum absolute atomic E-state index is 12.5. The van der Waals surface area contributed by atoms with Crippen LogP contribution in [0.25, 0.3) is 0 Å². The van der Waals surface area contributed by atoms with Crippen molar-refractivity contribution in [2.75, 3.05) is 10.0 Å². The largest absolute Gasteiger partial charge is 0.357 e. The highest BCUT2D eigenvalue weighted by atomic mass is 32.2. The number of nitrogens with one attached hydrogen (secondary N) is 3. The maximum atomic E-state index is 12.5. The van der Waals surface area contributed by atoms with Gasteiger partial charge in [0.05, 0.1) is 17.5 Å². The minimum atomic E-state index is -3.79. The van der Waals surface area contributed by atoms with Crippen molar-refractivity contribution in [2.24, 2.45) is 5.41 Å². The Hall–Kier alpha value is -3.05. The SMILES string of the molecule is CC(C)(C)C(Cn1cccn1)NC(=S)Nc1ccc(S(=O)(=O)Nc2ncccn2)cc1. The number of sulfonamides is 1. The van der Waals surface area contributed by atoms with Gasteiger partial charge in [-0.2, -0.15) is 5.10 Å². The quantitative estimate of drug-likeness (QED) is 0.462. The average molecular weight is 460 g/mol. The Morgan fingerprint density at radius 3 is 2.35 bits per heavy atom. The molecule has 2 heterocycles. The molecule has 3 N–H and O–H groups in total. The molecule has 3 aromatic rings. The van der Waals surface area contributed by atoms with Gasteiger partial charge in [-0.15, -0.1) is 0 Å². The summed E-state index contributed by atoms with van der Waals surface area (Å²) in [4.78, 5) is 7.84. The van der Waals surface area contributed by atoms with E-state index in [9.17, 15) is 8.42 Å². The van der Waals surface area contributed by atoms with Gasteiger partial charge < -0.3 is 10.6 Å². The molecule has 1 aromatic carbocycles. The van der Waals surface area contributed by atoms with Crippen molar-refractivity contribution >= 4 is 39.0 Å². The Morgan fingerprint density at radius 2 is 1.77 bits per heavy atom. The van der Waals surface area contributed by atoms with Crippen LogP contribution < -0.4 is 15.4 Å². The van der Waals surface area contributed by atoms with E-state index < -0.39 is 10.0 Å². The number of hydrogen-bond donors (Lipinski definition) is 3. The van der Waals surface area contributed by atoms with Crippen molar-refractivity contribution in [3.8, 4) is 0 Å². The molecule has 0 aliphatic heterocycles. The van der Waals surface area contributed by atoms with Crippen molar-refractivity contribution in [3.63, 3.8) is 0 Å². The molecule has 0 saturated heterocycles. The Morgan fingerprint density at radius 1 is 1.10 bits per heavy atom. The molecule has 164 valence electrons. The first-order valence-corrected chi connectivity index (χ1v) is 11.5. The van der Waals surface area contributed by atoms with E-state index in [0.29, 0.717) is 17.3 Å². The van der Waals surface area contributed by atoms with Crippen LogP contribution in [0.4, 0.5) is 11.6 Å². The van der Waals surface area contributed by atoms with Crippen LogP contribution in [0.2, 0.25) is 0 Å². The van der Waals surface area contributed by atoms with Crippen LogP contribution in [-0.2, 0) is 16.6 Å². The summed E-state index contributed by atoms with van der Waals surface area (Å²) >= 11 is 5.47. The molecule has 0 fully saturated rings. The van der Waals surface area contributed by atoms with Gasteiger partial charge in [0.15, 0.2) is 5.11 Å². The Balaban J connectivity index is 1.63. The van der Waals surface area contributed by atoms with E-state index in [1.165, 1.54) is 24.5 Å². The molecular weight excluding hydrogens is 434 g/mol. The molecule has 9 nitrogen and oxygen atoms in total. The van der Waals surface area contributed by atoms with Gasteiger partial charge in [0.1, 0.15) is 0 Å². The maximum Gasteiger partial charge on any atom is 0.264 e. The summed E-state index contributed by atoms with van der Waals surface area (Å²) < 4.78 is 29.2. The number of thiocarbonyl (C=S) groups is 1. The van der Waals surface area contributed by atoms with E-state index >= 15 is 0 Å². The van der Waals surface area contributed by atoms with Crippen LogP contribution in [0.15, 0.2) is 66.1 Å². The van der Waals surface area contributed by atoms with Crippen molar-refractivity contribution < 1.29 is 8.42 Å². The lowest BCUT2D eigenvalue weighted by molar-refractivity contribution is 0.262. The number of benzene rings is 1. The molecule has 0 aliphatic carbocycles. The topological polar surface area (TPSA) is 114 Å². The van der Waals surface area contributed by atoms with Gasteiger partial charge in [-0.3, -0.25) is 4.68 Å². The van der Waals surface area contributed by atoms with Gasteiger partial charge in [0.2, 0.25) is 5.95 Å². The monoisotopic (exact) mass is 459 g/mol. The summed E-state index contributed by atoms with van der Waals surface area (Å²) in [6, 6.07) is 9.78. The second-order valence-electron chi connectivity index (χ2n) is 7.95. The van der Waals surface area contributed by atoms with Crippen LogP contribution in [0.3, 0.4) is 0 Å². The van der Waals surface area contributed by atoms with E-state index in [1.54, 1.807) is 24.4 Å². The lowest BCUT2D eigenvalue weighted by Crippen LogP contribution is -2.48. The third kappa shape index (κ3) is 6.46. The number of aromatic nitrogens is 4. The highest BCUT2D eigenvalue weighted by Gasteiger charge is 2.26. The van der Waals surface area contributed by atoms with Gasteiger partial charge in [-0.05, 0) is 54.0 Å². The van der Waals surface area contributed by atoms with Gasteiger partial charge in [-0.1, -0.05) is 20.8 Å². The van der Waals surface area contributed by atoms with Gasteiger partial charge in [-0.25, -0.2) is 23.1 Å². The summed E-state index contributed by atoms with van der Waals surface area (Å²) in [6.45, 7) is 7.03. The van der Waals surface area contributed by atoms with Crippen LogP contribution in [0.5, 0.6) is 0 Å². The molecule has 11 heteroatoms.